The van der Waals surface area contributed by atoms with Crippen LogP contribution >= 0.6 is 11.8 Å². The first-order valence-corrected chi connectivity index (χ1v) is 12.2. The predicted octanol–water partition coefficient (Wildman–Crippen LogP) is 2.24. The molecule has 8 heteroatoms. The van der Waals surface area contributed by atoms with Crippen LogP contribution in [0.5, 0.6) is 0 Å². The van der Waals surface area contributed by atoms with Crippen molar-refractivity contribution in [2.75, 3.05) is 25.5 Å². The number of nitrogens with zero attached hydrogens (tertiary/aromatic N) is 1. The molecular formula is C24H33N3O4S. The lowest BCUT2D eigenvalue weighted by Crippen LogP contribution is -2.52. The van der Waals surface area contributed by atoms with Gasteiger partial charge >= 0.3 is 0 Å². The van der Waals surface area contributed by atoms with Crippen LogP contribution < -0.4 is 10.6 Å². The van der Waals surface area contributed by atoms with Crippen molar-refractivity contribution in [3.8, 4) is 0 Å². The lowest BCUT2D eigenvalue weighted by Gasteiger charge is -2.34. The summed E-state index contributed by atoms with van der Waals surface area (Å²) in [7, 11) is 1.61. The quantitative estimate of drug-likeness (QED) is 0.543. The highest BCUT2D eigenvalue weighted by Gasteiger charge is 2.76. The monoisotopic (exact) mass is 459 g/mol. The Bertz CT molecular complexity index is 933. The van der Waals surface area contributed by atoms with Gasteiger partial charge in [-0.1, -0.05) is 18.2 Å². The standard InChI is InChI=1S/C24H33N3O4S/c1-14-8-7-9-15(2)18(14)26-21(30)19-24-11-10-23(3,32-24)16(20(29)25-4)17(24)22(31)27(19)12-5-6-13-28/h7-9,16-17,19,28H,5-6,10-13H2,1-4H3,(H,25,29)(H,26,30)/t16-,17+,19?,23+,24?/m1/s1. The van der Waals surface area contributed by atoms with Gasteiger partial charge in [0.25, 0.3) is 0 Å². The minimum absolute atomic E-state index is 0.0452. The number of thioether (sulfide) groups is 1. The van der Waals surface area contributed by atoms with Gasteiger partial charge < -0.3 is 20.6 Å². The number of carbonyl (C=O) groups excluding carboxylic acids is 3. The van der Waals surface area contributed by atoms with Crippen LogP contribution in [0.4, 0.5) is 5.69 Å². The number of aliphatic hydroxyl groups is 1. The largest absolute Gasteiger partial charge is 0.396 e. The van der Waals surface area contributed by atoms with Crippen LogP contribution in [-0.2, 0) is 14.4 Å². The number of carbonyl (C=O) groups is 3. The molecule has 32 heavy (non-hydrogen) atoms. The van der Waals surface area contributed by atoms with Crippen LogP contribution in [0.15, 0.2) is 18.2 Å². The summed E-state index contributed by atoms with van der Waals surface area (Å²) in [5.74, 6) is -1.36. The second-order valence-corrected chi connectivity index (χ2v) is 11.5. The SMILES string of the molecule is CNC(=O)[C@H]1[C@H]2C(=O)N(CCCCO)C(C(=O)Nc3c(C)cccc3C)C23CC[C@]1(C)S3. The lowest BCUT2D eigenvalue weighted by atomic mass is 9.66. The van der Waals surface area contributed by atoms with Crippen molar-refractivity contribution in [1.82, 2.24) is 10.2 Å². The summed E-state index contributed by atoms with van der Waals surface area (Å²) in [4.78, 5) is 42.1. The number of unbranched alkanes of at least 4 members (excludes halogenated alkanes) is 1. The van der Waals surface area contributed by atoms with Crippen molar-refractivity contribution in [1.29, 1.82) is 0 Å². The van der Waals surface area contributed by atoms with Crippen molar-refractivity contribution in [2.24, 2.45) is 11.8 Å². The first-order chi connectivity index (χ1) is 15.2. The van der Waals surface area contributed by atoms with E-state index in [4.69, 9.17) is 0 Å². The van der Waals surface area contributed by atoms with Crippen molar-refractivity contribution in [3.05, 3.63) is 29.3 Å². The molecule has 1 aromatic rings. The number of benzene rings is 1. The van der Waals surface area contributed by atoms with E-state index in [2.05, 4.69) is 17.6 Å². The van der Waals surface area contributed by atoms with Crippen LogP contribution in [0.25, 0.3) is 0 Å². The van der Waals surface area contributed by atoms with Gasteiger partial charge in [-0.2, -0.15) is 0 Å². The molecule has 3 aliphatic heterocycles. The van der Waals surface area contributed by atoms with E-state index in [1.807, 2.05) is 32.0 Å². The van der Waals surface area contributed by atoms with Crippen LogP contribution in [0.2, 0.25) is 0 Å². The number of para-hydroxylation sites is 1. The van der Waals surface area contributed by atoms with E-state index in [0.29, 0.717) is 19.4 Å². The Morgan fingerprint density at radius 2 is 1.88 bits per heavy atom. The van der Waals surface area contributed by atoms with E-state index in [0.717, 1.165) is 29.7 Å². The maximum absolute atomic E-state index is 13.8. The van der Waals surface area contributed by atoms with Gasteiger partial charge in [0.2, 0.25) is 17.7 Å². The zero-order valence-electron chi connectivity index (χ0n) is 19.2. The second kappa shape index (κ2) is 8.37. The summed E-state index contributed by atoms with van der Waals surface area (Å²) in [6.07, 6.45) is 2.72. The number of aliphatic hydroxyl groups excluding tert-OH is 1. The van der Waals surface area contributed by atoms with Gasteiger partial charge in [-0.05, 0) is 57.6 Å². The van der Waals surface area contributed by atoms with Crippen molar-refractivity contribution < 1.29 is 19.5 Å². The smallest absolute Gasteiger partial charge is 0.248 e. The number of hydrogen-bond donors (Lipinski definition) is 3. The number of hydrogen-bond acceptors (Lipinski definition) is 5. The first-order valence-electron chi connectivity index (χ1n) is 11.4. The number of likely N-dealkylation sites (tertiary alicyclic amines) is 1. The predicted molar refractivity (Wildman–Crippen MR) is 125 cm³/mol. The number of nitrogens with one attached hydrogen (secondary N) is 2. The van der Waals surface area contributed by atoms with Crippen LogP contribution in [-0.4, -0.2) is 63.5 Å². The molecule has 0 aliphatic carbocycles. The highest BCUT2D eigenvalue weighted by atomic mass is 32.2. The molecule has 3 fully saturated rings. The molecule has 0 radical (unpaired) electrons. The van der Waals surface area contributed by atoms with Crippen molar-refractivity contribution in [2.45, 2.75) is 62.0 Å². The molecule has 2 unspecified atom stereocenters. The van der Waals surface area contributed by atoms with E-state index >= 15 is 0 Å². The Morgan fingerprint density at radius 3 is 2.50 bits per heavy atom. The third-order valence-electron chi connectivity index (χ3n) is 7.59. The Kier molecular flexibility index (Phi) is 6.05. The molecule has 3 N–H and O–H groups in total. The second-order valence-electron chi connectivity index (χ2n) is 9.56. The van der Waals surface area contributed by atoms with Gasteiger partial charge in [0, 0.05) is 30.6 Å². The number of rotatable bonds is 7. The average molecular weight is 460 g/mol. The minimum Gasteiger partial charge on any atom is -0.396 e. The fraction of sp³-hybridized carbons (Fsp3) is 0.625. The topological polar surface area (TPSA) is 98.7 Å². The molecule has 0 saturated carbocycles. The van der Waals surface area contributed by atoms with E-state index in [1.165, 1.54) is 0 Å². The molecule has 174 valence electrons. The van der Waals surface area contributed by atoms with Gasteiger partial charge in [0.05, 0.1) is 16.6 Å². The number of aryl methyl sites for hydroxylation is 2. The fourth-order valence-electron chi connectivity index (χ4n) is 6.12. The molecule has 1 spiro atoms. The Morgan fingerprint density at radius 1 is 1.19 bits per heavy atom. The Labute approximate surface area is 193 Å². The summed E-state index contributed by atoms with van der Waals surface area (Å²) in [5, 5.41) is 15.1. The number of amides is 3. The van der Waals surface area contributed by atoms with Crippen molar-refractivity contribution in [3.63, 3.8) is 0 Å². The summed E-state index contributed by atoms with van der Waals surface area (Å²) >= 11 is 1.67. The highest BCUT2D eigenvalue weighted by Crippen LogP contribution is 2.71. The van der Waals surface area contributed by atoms with Crippen LogP contribution in [0.3, 0.4) is 0 Å². The third-order valence-corrected chi connectivity index (χ3v) is 9.58. The van der Waals surface area contributed by atoms with E-state index in [9.17, 15) is 19.5 Å². The molecule has 2 bridgehead atoms. The molecule has 3 saturated heterocycles. The molecular weight excluding hydrogens is 426 g/mol. The molecule has 1 aromatic carbocycles. The van der Waals surface area contributed by atoms with Crippen LogP contribution in [0, 0.1) is 25.7 Å². The molecule has 7 nitrogen and oxygen atoms in total. The zero-order chi connectivity index (χ0) is 23.3. The molecule has 3 amide bonds. The maximum Gasteiger partial charge on any atom is 0.248 e. The van der Waals surface area contributed by atoms with Gasteiger partial charge in [-0.25, -0.2) is 0 Å². The van der Waals surface area contributed by atoms with Crippen molar-refractivity contribution >= 4 is 35.2 Å². The molecule has 4 rings (SSSR count). The van der Waals surface area contributed by atoms with E-state index in [-0.39, 0.29) is 29.1 Å². The summed E-state index contributed by atoms with van der Waals surface area (Å²) in [6.45, 7) is 6.43. The summed E-state index contributed by atoms with van der Waals surface area (Å²) < 4.78 is -0.961. The van der Waals surface area contributed by atoms with Gasteiger partial charge in [-0.15, -0.1) is 11.8 Å². The summed E-state index contributed by atoms with van der Waals surface area (Å²) in [5.41, 5.74) is 2.73. The minimum atomic E-state index is -0.640. The van der Waals surface area contributed by atoms with E-state index < -0.39 is 22.6 Å². The van der Waals surface area contributed by atoms with Crippen LogP contribution in [0.1, 0.15) is 43.7 Å². The maximum atomic E-state index is 13.8. The summed E-state index contributed by atoms with van der Waals surface area (Å²) in [6, 6.07) is 5.24. The molecule has 3 heterocycles. The Balaban J connectivity index is 1.73. The number of fused-ring (bicyclic) bond motifs is 1. The van der Waals surface area contributed by atoms with Gasteiger partial charge in [-0.3, -0.25) is 14.4 Å². The fourth-order valence-corrected chi connectivity index (χ4v) is 8.48. The first kappa shape index (κ1) is 23.1. The average Bonchev–Trinajstić information content (AvgIpc) is 3.31. The van der Waals surface area contributed by atoms with Gasteiger partial charge in [0.15, 0.2) is 0 Å². The molecule has 0 aromatic heterocycles. The number of anilines is 1. The highest BCUT2D eigenvalue weighted by molar-refractivity contribution is 8.02. The van der Waals surface area contributed by atoms with Gasteiger partial charge in [0.1, 0.15) is 6.04 Å². The zero-order valence-corrected chi connectivity index (χ0v) is 20.1. The Hall–Kier alpha value is -2.06. The molecule has 3 aliphatic rings. The lowest BCUT2D eigenvalue weighted by molar-refractivity contribution is -0.140. The normalized spacial score (nSPS) is 32.8. The van der Waals surface area contributed by atoms with E-state index in [1.54, 1.807) is 23.7 Å². The molecule has 5 atom stereocenters. The third kappa shape index (κ3) is 3.34.